The molecular formula is C26H35ClN2O2. The van der Waals surface area contributed by atoms with Gasteiger partial charge in [-0.2, -0.15) is 0 Å². The third-order valence-electron chi connectivity index (χ3n) is 6.43. The summed E-state index contributed by atoms with van der Waals surface area (Å²) in [5.41, 5.74) is 1.38. The number of nitrogens with one attached hydrogen (secondary N) is 1. The molecule has 0 saturated heterocycles. The molecule has 5 heteroatoms. The Bertz CT molecular complexity index is 810. The van der Waals surface area contributed by atoms with Crippen molar-refractivity contribution in [3.8, 4) is 5.75 Å². The van der Waals surface area contributed by atoms with E-state index in [1.165, 1.54) is 6.42 Å². The molecule has 1 amide bonds. The first-order chi connectivity index (χ1) is 15.1. The maximum atomic E-state index is 13.4. The van der Waals surface area contributed by atoms with Crippen molar-refractivity contribution in [1.29, 1.82) is 0 Å². The molecule has 31 heavy (non-hydrogen) atoms. The zero-order chi connectivity index (χ0) is 22.1. The monoisotopic (exact) mass is 442 g/mol. The molecular weight excluding hydrogens is 408 g/mol. The van der Waals surface area contributed by atoms with Crippen LogP contribution >= 0.6 is 11.6 Å². The molecule has 0 radical (unpaired) electrons. The molecule has 0 heterocycles. The first-order valence-corrected chi connectivity index (χ1v) is 12.0. The number of anilines is 1. The Morgan fingerprint density at radius 1 is 1.00 bits per heavy atom. The number of benzene rings is 2. The topological polar surface area (TPSA) is 41.6 Å². The molecule has 4 nitrogen and oxygen atoms in total. The highest BCUT2D eigenvalue weighted by Crippen LogP contribution is 2.41. The van der Waals surface area contributed by atoms with Gasteiger partial charge in [0.2, 0.25) is 5.91 Å². The van der Waals surface area contributed by atoms with Gasteiger partial charge in [-0.1, -0.05) is 56.8 Å². The minimum Gasteiger partial charge on any atom is -0.494 e. The smallest absolute Gasteiger partial charge is 0.235 e. The molecule has 0 aromatic heterocycles. The molecule has 1 N–H and O–H groups in total. The summed E-state index contributed by atoms with van der Waals surface area (Å²) < 4.78 is 5.87. The summed E-state index contributed by atoms with van der Waals surface area (Å²) in [4.78, 5) is 15.8. The molecule has 0 bridgehead atoms. The van der Waals surface area contributed by atoms with Crippen molar-refractivity contribution >= 4 is 23.2 Å². The summed E-state index contributed by atoms with van der Waals surface area (Å²) in [6, 6.07) is 15.5. The number of hydrogen-bond acceptors (Lipinski definition) is 3. The van der Waals surface area contributed by atoms with Crippen LogP contribution in [-0.2, 0) is 10.2 Å². The number of amides is 1. The standard InChI is InChI=1S/C26H35ClN2O2/c1-3-29(4-2)19-8-20-31-24-15-13-23(14-16-24)28-25(30)26(17-6-5-7-18-26)21-9-11-22(27)12-10-21/h9-16H,3-8,17-20H2,1-2H3,(H,28,30). The Kier molecular flexibility index (Phi) is 8.79. The predicted molar refractivity (Wildman–Crippen MR) is 129 cm³/mol. The van der Waals surface area contributed by atoms with E-state index >= 15 is 0 Å². The van der Waals surface area contributed by atoms with Crippen LogP contribution in [0.3, 0.4) is 0 Å². The van der Waals surface area contributed by atoms with Gasteiger partial charge in [0.05, 0.1) is 12.0 Å². The van der Waals surface area contributed by atoms with Crippen LogP contribution in [0, 0.1) is 0 Å². The van der Waals surface area contributed by atoms with Crippen molar-refractivity contribution < 1.29 is 9.53 Å². The Morgan fingerprint density at radius 3 is 2.26 bits per heavy atom. The highest BCUT2D eigenvalue weighted by molar-refractivity contribution is 6.30. The van der Waals surface area contributed by atoms with Crippen LogP contribution in [-0.4, -0.2) is 37.0 Å². The van der Waals surface area contributed by atoms with Gasteiger partial charge in [-0.15, -0.1) is 0 Å². The quantitative estimate of drug-likeness (QED) is 0.439. The molecule has 0 atom stereocenters. The second-order valence-electron chi connectivity index (χ2n) is 8.36. The minimum atomic E-state index is -0.484. The average Bonchev–Trinajstić information content (AvgIpc) is 2.81. The zero-order valence-corrected chi connectivity index (χ0v) is 19.6. The van der Waals surface area contributed by atoms with Crippen LogP contribution in [0.15, 0.2) is 48.5 Å². The van der Waals surface area contributed by atoms with Crippen LogP contribution in [0.1, 0.15) is 57.9 Å². The van der Waals surface area contributed by atoms with E-state index in [1.54, 1.807) is 0 Å². The first kappa shape index (κ1) is 23.6. The maximum absolute atomic E-state index is 13.4. The highest BCUT2D eigenvalue weighted by atomic mass is 35.5. The molecule has 0 spiro atoms. The maximum Gasteiger partial charge on any atom is 0.235 e. The lowest BCUT2D eigenvalue weighted by molar-refractivity contribution is -0.122. The van der Waals surface area contributed by atoms with Crippen molar-refractivity contribution in [2.75, 3.05) is 31.6 Å². The molecule has 168 valence electrons. The SMILES string of the molecule is CCN(CC)CCCOc1ccc(NC(=O)C2(c3ccc(Cl)cc3)CCCCC2)cc1. The lowest BCUT2D eigenvalue weighted by Crippen LogP contribution is -2.42. The van der Waals surface area contributed by atoms with E-state index < -0.39 is 5.41 Å². The Balaban J connectivity index is 1.60. The molecule has 1 aliphatic rings. The summed E-state index contributed by atoms with van der Waals surface area (Å²) in [6.07, 6.45) is 6.06. The Morgan fingerprint density at radius 2 is 1.65 bits per heavy atom. The van der Waals surface area contributed by atoms with E-state index in [0.29, 0.717) is 11.6 Å². The predicted octanol–water partition coefficient (Wildman–Crippen LogP) is 6.29. The second-order valence-corrected chi connectivity index (χ2v) is 8.79. The van der Waals surface area contributed by atoms with Gasteiger partial charge in [-0.05, 0) is 74.3 Å². The molecule has 1 aliphatic carbocycles. The first-order valence-electron chi connectivity index (χ1n) is 11.6. The van der Waals surface area contributed by atoms with Crippen LogP contribution in [0.25, 0.3) is 0 Å². The van der Waals surface area contributed by atoms with Gasteiger partial charge in [-0.3, -0.25) is 4.79 Å². The number of carbonyl (C=O) groups is 1. The number of halogens is 1. The Labute approximate surface area is 191 Å². The molecule has 1 fully saturated rings. The lowest BCUT2D eigenvalue weighted by Gasteiger charge is -2.36. The Hall–Kier alpha value is -2.04. The number of hydrogen-bond donors (Lipinski definition) is 1. The summed E-state index contributed by atoms with van der Waals surface area (Å²) in [5, 5.41) is 3.85. The van der Waals surface area contributed by atoms with Crippen molar-refractivity contribution in [2.45, 2.75) is 57.8 Å². The van der Waals surface area contributed by atoms with Crippen molar-refractivity contribution in [3.63, 3.8) is 0 Å². The normalized spacial score (nSPS) is 15.6. The molecule has 3 rings (SSSR count). The van der Waals surface area contributed by atoms with Crippen molar-refractivity contribution in [1.82, 2.24) is 4.90 Å². The highest BCUT2D eigenvalue weighted by Gasteiger charge is 2.41. The van der Waals surface area contributed by atoms with Crippen LogP contribution in [0.4, 0.5) is 5.69 Å². The number of carbonyl (C=O) groups excluding carboxylic acids is 1. The second kappa shape index (κ2) is 11.5. The number of nitrogens with zero attached hydrogens (tertiary/aromatic N) is 1. The third-order valence-corrected chi connectivity index (χ3v) is 6.68. The molecule has 2 aromatic carbocycles. The number of ether oxygens (including phenoxy) is 1. The summed E-state index contributed by atoms with van der Waals surface area (Å²) >= 11 is 6.08. The van der Waals surface area contributed by atoms with Gasteiger partial charge < -0.3 is 15.0 Å². The summed E-state index contributed by atoms with van der Waals surface area (Å²) in [7, 11) is 0. The zero-order valence-electron chi connectivity index (χ0n) is 18.8. The lowest BCUT2D eigenvalue weighted by atomic mass is 9.68. The van der Waals surface area contributed by atoms with Crippen molar-refractivity contribution in [3.05, 3.63) is 59.1 Å². The van der Waals surface area contributed by atoms with Gasteiger partial charge >= 0.3 is 0 Å². The van der Waals surface area contributed by atoms with Gasteiger partial charge in [0.1, 0.15) is 5.75 Å². The summed E-state index contributed by atoms with van der Waals surface area (Å²) in [5.74, 6) is 0.907. The summed E-state index contributed by atoms with van der Waals surface area (Å²) in [6.45, 7) is 8.25. The van der Waals surface area contributed by atoms with E-state index in [0.717, 1.165) is 68.7 Å². The minimum absolute atomic E-state index is 0.0717. The van der Waals surface area contributed by atoms with E-state index in [-0.39, 0.29) is 5.91 Å². The fourth-order valence-electron chi connectivity index (χ4n) is 4.47. The molecule has 0 aliphatic heterocycles. The van der Waals surface area contributed by atoms with Gasteiger partial charge in [0, 0.05) is 17.3 Å². The van der Waals surface area contributed by atoms with Crippen molar-refractivity contribution in [2.24, 2.45) is 0 Å². The fraction of sp³-hybridized carbons (Fsp3) is 0.500. The average molecular weight is 443 g/mol. The fourth-order valence-corrected chi connectivity index (χ4v) is 4.60. The van der Waals surface area contributed by atoms with Crippen LogP contribution in [0.2, 0.25) is 5.02 Å². The molecule has 1 saturated carbocycles. The van der Waals surface area contributed by atoms with Crippen LogP contribution in [0.5, 0.6) is 5.75 Å². The van der Waals surface area contributed by atoms with Gasteiger partial charge in [0.15, 0.2) is 0 Å². The largest absolute Gasteiger partial charge is 0.494 e. The van der Waals surface area contributed by atoms with E-state index in [1.807, 2.05) is 48.5 Å². The molecule has 2 aromatic rings. The number of rotatable bonds is 10. The third kappa shape index (κ3) is 6.24. The van der Waals surface area contributed by atoms with E-state index in [9.17, 15) is 4.79 Å². The van der Waals surface area contributed by atoms with E-state index in [4.69, 9.17) is 16.3 Å². The van der Waals surface area contributed by atoms with Gasteiger partial charge in [-0.25, -0.2) is 0 Å². The van der Waals surface area contributed by atoms with E-state index in [2.05, 4.69) is 24.1 Å². The van der Waals surface area contributed by atoms with Gasteiger partial charge in [0.25, 0.3) is 0 Å². The van der Waals surface area contributed by atoms with Crippen LogP contribution < -0.4 is 10.1 Å². The molecule has 0 unspecified atom stereocenters.